The number of urea groups is 1. The van der Waals surface area contributed by atoms with Crippen LogP contribution in [0.3, 0.4) is 0 Å². The topological polar surface area (TPSA) is 76.4 Å². The fourth-order valence-corrected chi connectivity index (χ4v) is 2.01. The minimum atomic E-state index is -0.564. The van der Waals surface area contributed by atoms with Gasteiger partial charge in [-0.25, -0.2) is 4.79 Å². The van der Waals surface area contributed by atoms with Gasteiger partial charge in [-0.3, -0.25) is 0 Å². The zero-order valence-corrected chi connectivity index (χ0v) is 11.9. The van der Waals surface area contributed by atoms with Crippen LogP contribution in [0.15, 0.2) is 48.5 Å². The summed E-state index contributed by atoms with van der Waals surface area (Å²) in [7, 11) is 1.69. The van der Waals surface area contributed by atoms with Crippen molar-refractivity contribution in [1.82, 2.24) is 0 Å². The smallest absolute Gasteiger partial charge is 0.316 e. The molecule has 5 heteroatoms. The molecule has 4 N–H and O–H groups in total. The van der Waals surface area contributed by atoms with Crippen molar-refractivity contribution >= 4 is 17.4 Å². The lowest BCUT2D eigenvalue weighted by Gasteiger charge is -2.09. The Balaban J connectivity index is 1.93. The Bertz CT molecular complexity index is 597. The third kappa shape index (κ3) is 4.81. The molecule has 2 aromatic carbocycles. The molecule has 2 aromatic rings. The van der Waals surface area contributed by atoms with Gasteiger partial charge in [-0.15, -0.1) is 0 Å². The molecule has 0 fully saturated rings. The fourth-order valence-electron chi connectivity index (χ4n) is 2.01. The molecule has 0 atom stereocenters. The van der Waals surface area contributed by atoms with Crippen LogP contribution in [-0.2, 0) is 17.9 Å². The van der Waals surface area contributed by atoms with Gasteiger partial charge in [-0.2, -0.15) is 0 Å². The maximum Gasteiger partial charge on any atom is 0.316 e. The highest BCUT2D eigenvalue weighted by atomic mass is 16.5. The van der Waals surface area contributed by atoms with E-state index in [1.165, 1.54) is 5.56 Å². The lowest BCUT2D eigenvalue weighted by Crippen LogP contribution is -2.19. The third-order valence-corrected chi connectivity index (χ3v) is 2.95. The van der Waals surface area contributed by atoms with Crippen molar-refractivity contribution in [2.24, 2.45) is 5.73 Å². The lowest BCUT2D eigenvalue weighted by molar-refractivity contribution is 0.185. The molecule has 0 unspecified atom stereocenters. The number of nitrogens with one attached hydrogen (secondary N) is 2. The summed E-state index contributed by atoms with van der Waals surface area (Å²) >= 11 is 0. The Hall–Kier alpha value is -2.53. The Labute approximate surface area is 124 Å². The number of primary amides is 1. The van der Waals surface area contributed by atoms with Crippen LogP contribution in [0.25, 0.3) is 0 Å². The van der Waals surface area contributed by atoms with E-state index in [9.17, 15) is 4.79 Å². The third-order valence-electron chi connectivity index (χ3n) is 2.95. The van der Waals surface area contributed by atoms with Crippen LogP contribution in [-0.4, -0.2) is 13.1 Å². The zero-order chi connectivity index (χ0) is 15.1. The Morgan fingerprint density at radius 2 is 1.76 bits per heavy atom. The molecule has 0 heterocycles. The first-order valence-electron chi connectivity index (χ1n) is 6.64. The van der Waals surface area contributed by atoms with E-state index in [1.54, 1.807) is 19.2 Å². The number of methoxy groups -OCH3 is 1. The number of ether oxygens (including phenoxy) is 1. The zero-order valence-electron chi connectivity index (χ0n) is 11.9. The van der Waals surface area contributed by atoms with Gasteiger partial charge in [-0.1, -0.05) is 24.3 Å². The largest absolute Gasteiger partial charge is 0.381 e. The molecule has 0 radical (unpaired) electrons. The Morgan fingerprint density at radius 3 is 2.43 bits per heavy atom. The van der Waals surface area contributed by atoms with E-state index in [0.717, 1.165) is 17.8 Å². The van der Waals surface area contributed by atoms with Crippen LogP contribution >= 0.6 is 0 Å². The molecule has 0 bridgehead atoms. The molecule has 21 heavy (non-hydrogen) atoms. The van der Waals surface area contributed by atoms with Crippen LogP contribution in [0.2, 0.25) is 0 Å². The van der Waals surface area contributed by atoms with E-state index in [0.29, 0.717) is 12.3 Å². The average Bonchev–Trinajstić information content (AvgIpc) is 2.47. The molecule has 5 nitrogen and oxygen atoms in total. The first-order chi connectivity index (χ1) is 10.2. The maximum absolute atomic E-state index is 10.7. The molecule has 0 saturated carbocycles. The van der Waals surface area contributed by atoms with Gasteiger partial charge in [0.05, 0.1) is 6.61 Å². The van der Waals surface area contributed by atoms with Crippen LogP contribution in [0.5, 0.6) is 0 Å². The number of carbonyl (C=O) groups excluding carboxylic acids is 1. The van der Waals surface area contributed by atoms with Crippen LogP contribution < -0.4 is 16.4 Å². The first-order valence-corrected chi connectivity index (χ1v) is 6.64. The second-order valence-corrected chi connectivity index (χ2v) is 4.67. The monoisotopic (exact) mass is 285 g/mol. The minimum Gasteiger partial charge on any atom is -0.381 e. The average molecular weight is 285 g/mol. The minimum absolute atomic E-state index is 0.564. The number of amides is 2. The van der Waals surface area contributed by atoms with Crippen LogP contribution in [0, 0.1) is 0 Å². The second-order valence-electron chi connectivity index (χ2n) is 4.67. The quantitative estimate of drug-likeness (QED) is 0.763. The summed E-state index contributed by atoms with van der Waals surface area (Å²) in [6.07, 6.45) is 0. The summed E-state index contributed by atoms with van der Waals surface area (Å²) in [6, 6.07) is 15.1. The van der Waals surface area contributed by atoms with Crippen molar-refractivity contribution in [1.29, 1.82) is 0 Å². The predicted octanol–water partition coefficient (Wildman–Crippen LogP) is 2.94. The van der Waals surface area contributed by atoms with Gasteiger partial charge in [0.2, 0.25) is 0 Å². The van der Waals surface area contributed by atoms with Crippen molar-refractivity contribution in [2.45, 2.75) is 13.2 Å². The SMILES string of the molecule is COCc1cccc(CNc2ccc(NC(N)=O)cc2)c1. The molecule has 0 aliphatic carbocycles. The van der Waals surface area contributed by atoms with E-state index >= 15 is 0 Å². The number of carbonyl (C=O) groups is 1. The normalized spacial score (nSPS) is 10.1. The van der Waals surface area contributed by atoms with Gasteiger partial charge in [-0.05, 0) is 35.4 Å². The standard InChI is InChI=1S/C16H19N3O2/c1-21-11-13-4-2-3-12(9-13)10-18-14-5-7-15(8-6-14)19-16(17)20/h2-9,18H,10-11H2,1H3,(H3,17,19,20). The number of nitrogens with two attached hydrogens (primary N) is 1. The molecule has 2 amide bonds. The van der Waals surface area contributed by atoms with Crippen molar-refractivity contribution in [3.05, 3.63) is 59.7 Å². The summed E-state index contributed by atoms with van der Waals surface area (Å²) in [5, 5.41) is 5.85. The van der Waals surface area contributed by atoms with E-state index in [-0.39, 0.29) is 0 Å². The molecule has 0 saturated heterocycles. The molecular formula is C16H19N3O2. The van der Waals surface area contributed by atoms with Crippen molar-refractivity contribution < 1.29 is 9.53 Å². The summed E-state index contributed by atoms with van der Waals surface area (Å²) < 4.78 is 5.13. The number of rotatable bonds is 6. The lowest BCUT2D eigenvalue weighted by atomic mass is 10.1. The number of anilines is 2. The summed E-state index contributed by atoms with van der Waals surface area (Å²) in [5.41, 5.74) is 9.05. The molecule has 0 aromatic heterocycles. The second kappa shape index (κ2) is 7.31. The Morgan fingerprint density at radius 1 is 1.10 bits per heavy atom. The van der Waals surface area contributed by atoms with Gasteiger partial charge < -0.3 is 21.1 Å². The van der Waals surface area contributed by atoms with Crippen molar-refractivity contribution in [2.75, 3.05) is 17.7 Å². The molecule has 110 valence electrons. The number of benzene rings is 2. The molecular weight excluding hydrogens is 266 g/mol. The van der Waals surface area contributed by atoms with E-state index in [4.69, 9.17) is 10.5 Å². The summed E-state index contributed by atoms with van der Waals surface area (Å²) in [6.45, 7) is 1.33. The highest BCUT2D eigenvalue weighted by Gasteiger charge is 1.99. The van der Waals surface area contributed by atoms with Crippen molar-refractivity contribution in [3.63, 3.8) is 0 Å². The van der Waals surface area contributed by atoms with E-state index in [1.807, 2.05) is 24.3 Å². The van der Waals surface area contributed by atoms with Crippen LogP contribution in [0.1, 0.15) is 11.1 Å². The van der Waals surface area contributed by atoms with Gasteiger partial charge >= 0.3 is 6.03 Å². The van der Waals surface area contributed by atoms with Crippen LogP contribution in [0.4, 0.5) is 16.2 Å². The first kappa shape index (κ1) is 14.9. The highest BCUT2D eigenvalue weighted by Crippen LogP contribution is 2.15. The number of hydrogen-bond acceptors (Lipinski definition) is 3. The number of hydrogen-bond donors (Lipinski definition) is 3. The van der Waals surface area contributed by atoms with E-state index < -0.39 is 6.03 Å². The summed E-state index contributed by atoms with van der Waals surface area (Å²) in [4.78, 5) is 10.7. The van der Waals surface area contributed by atoms with Gasteiger partial charge in [0, 0.05) is 25.0 Å². The summed E-state index contributed by atoms with van der Waals surface area (Å²) in [5.74, 6) is 0. The predicted molar refractivity (Wildman–Crippen MR) is 84.1 cm³/mol. The van der Waals surface area contributed by atoms with Gasteiger partial charge in [0.25, 0.3) is 0 Å². The molecule has 0 aliphatic rings. The molecule has 0 spiro atoms. The maximum atomic E-state index is 10.7. The van der Waals surface area contributed by atoms with Gasteiger partial charge in [0.15, 0.2) is 0 Å². The fraction of sp³-hybridized carbons (Fsp3) is 0.188. The van der Waals surface area contributed by atoms with E-state index in [2.05, 4.69) is 22.8 Å². The van der Waals surface area contributed by atoms with Gasteiger partial charge in [0.1, 0.15) is 0 Å². The molecule has 2 rings (SSSR count). The highest BCUT2D eigenvalue weighted by molar-refractivity contribution is 5.87. The van der Waals surface area contributed by atoms with Crippen molar-refractivity contribution in [3.8, 4) is 0 Å². The molecule has 0 aliphatic heterocycles. The Kier molecular flexibility index (Phi) is 5.17.